The molecule has 0 fully saturated rings. The second-order valence-corrected chi connectivity index (χ2v) is 6.78. The summed E-state index contributed by atoms with van der Waals surface area (Å²) in [5.74, 6) is 0.539. The maximum atomic E-state index is 6.26. The highest BCUT2D eigenvalue weighted by Gasteiger charge is 2.29. The van der Waals surface area contributed by atoms with Crippen LogP contribution in [0.1, 0.15) is 32.3 Å². The zero-order chi connectivity index (χ0) is 18.3. The van der Waals surface area contributed by atoms with Crippen LogP contribution in [-0.2, 0) is 0 Å². The minimum atomic E-state index is 0.351. The Labute approximate surface area is 152 Å². The second kappa shape index (κ2) is 6.33. The largest absolute Gasteiger partial charge is 0.383 e. The molecule has 0 saturated carbocycles. The van der Waals surface area contributed by atoms with E-state index < -0.39 is 0 Å². The molecule has 3 N–H and O–H groups in total. The van der Waals surface area contributed by atoms with Crippen LogP contribution in [0.5, 0.6) is 0 Å². The van der Waals surface area contributed by atoms with Crippen molar-refractivity contribution in [1.82, 2.24) is 15.4 Å². The van der Waals surface area contributed by atoms with E-state index >= 15 is 0 Å². The molecule has 1 aliphatic rings. The van der Waals surface area contributed by atoms with E-state index in [0.717, 1.165) is 51.1 Å². The number of nitrogens with one attached hydrogen (secondary N) is 1. The van der Waals surface area contributed by atoms with E-state index in [9.17, 15) is 0 Å². The predicted octanol–water partition coefficient (Wildman–Crippen LogP) is 2.29. The molecule has 132 valence electrons. The van der Waals surface area contributed by atoms with Crippen LogP contribution in [0.15, 0.2) is 42.7 Å². The van der Waals surface area contributed by atoms with Gasteiger partial charge in [0.25, 0.3) is 0 Å². The number of pyridine rings is 2. The molecule has 3 heterocycles. The van der Waals surface area contributed by atoms with Crippen LogP contribution in [0.25, 0.3) is 23.0 Å². The molecule has 1 atom stereocenters. The molecular weight excluding hydrogens is 322 g/mol. The predicted molar refractivity (Wildman–Crippen MR) is 108 cm³/mol. The molecule has 3 aromatic rings. The van der Waals surface area contributed by atoms with Gasteiger partial charge < -0.3 is 5.73 Å². The molecule has 5 nitrogen and oxygen atoms in total. The monoisotopic (exact) mass is 345 g/mol. The van der Waals surface area contributed by atoms with E-state index in [1.54, 1.807) is 12.4 Å². The number of hydrogen-bond acceptors (Lipinski definition) is 5. The first-order valence-corrected chi connectivity index (χ1v) is 8.99. The average molecular weight is 345 g/mol. The van der Waals surface area contributed by atoms with Crippen molar-refractivity contribution in [3.8, 4) is 0 Å². The van der Waals surface area contributed by atoms with Crippen molar-refractivity contribution in [2.24, 2.45) is 0 Å². The van der Waals surface area contributed by atoms with Crippen molar-refractivity contribution in [1.29, 1.82) is 0 Å². The van der Waals surface area contributed by atoms with Gasteiger partial charge in [-0.05, 0) is 36.9 Å². The van der Waals surface area contributed by atoms with Gasteiger partial charge in [0, 0.05) is 29.0 Å². The van der Waals surface area contributed by atoms with E-state index in [1.165, 1.54) is 0 Å². The van der Waals surface area contributed by atoms with Gasteiger partial charge in [-0.15, -0.1) is 0 Å². The van der Waals surface area contributed by atoms with Gasteiger partial charge >= 0.3 is 0 Å². The molecule has 0 bridgehead atoms. The van der Waals surface area contributed by atoms with E-state index in [1.807, 2.05) is 12.1 Å². The van der Waals surface area contributed by atoms with E-state index in [-0.39, 0.29) is 0 Å². The zero-order valence-electron chi connectivity index (χ0n) is 15.2. The first-order chi connectivity index (χ1) is 12.6. The smallest absolute Gasteiger partial charge is 0.134 e. The molecule has 0 spiro atoms. The molecule has 1 aliphatic heterocycles. The maximum Gasteiger partial charge on any atom is 0.134 e. The van der Waals surface area contributed by atoms with Gasteiger partial charge in [-0.2, -0.15) is 0 Å². The fraction of sp³-hybridized carbons (Fsp3) is 0.238. The van der Waals surface area contributed by atoms with Gasteiger partial charge in [-0.25, -0.2) is 4.98 Å². The van der Waals surface area contributed by atoms with Crippen LogP contribution < -0.4 is 26.7 Å². The molecule has 1 aromatic carbocycles. The van der Waals surface area contributed by atoms with Crippen LogP contribution in [0, 0.1) is 0 Å². The Balaban J connectivity index is 1.97. The van der Waals surface area contributed by atoms with Gasteiger partial charge in [-0.1, -0.05) is 32.1 Å². The third-order valence-electron chi connectivity index (χ3n) is 4.98. The number of benzene rings is 1. The summed E-state index contributed by atoms with van der Waals surface area (Å²) < 4.78 is 0. The number of nitrogen functional groups attached to an aromatic ring is 1. The fourth-order valence-corrected chi connectivity index (χ4v) is 3.65. The molecule has 0 amide bonds. The van der Waals surface area contributed by atoms with E-state index in [0.29, 0.717) is 11.9 Å². The molecule has 26 heavy (non-hydrogen) atoms. The van der Waals surface area contributed by atoms with Crippen molar-refractivity contribution >= 4 is 34.6 Å². The van der Waals surface area contributed by atoms with Crippen LogP contribution >= 0.6 is 0 Å². The Morgan fingerprint density at radius 2 is 2.00 bits per heavy atom. The lowest BCUT2D eigenvalue weighted by Gasteiger charge is -2.27. The Morgan fingerprint density at radius 1 is 1.19 bits per heavy atom. The van der Waals surface area contributed by atoms with Crippen LogP contribution in [-0.4, -0.2) is 16.0 Å². The summed E-state index contributed by atoms with van der Waals surface area (Å²) in [4.78, 5) is 8.63. The molecule has 1 unspecified atom stereocenters. The molecule has 0 saturated heterocycles. The van der Waals surface area contributed by atoms with Gasteiger partial charge in [0.1, 0.15) is 5.82 Å². The molecule has 2 aromatic heterocycles. The zero-order valence-corrected chi connectivity index (χ0v) is 15.2. The summed E-state index contributed by atoms with van der Waals surface area (Å²) in [7, 11) is 0. The third kappa shape index (κ3) is 2.56. The first-order valence-electron chi connectivity index (χ1n) is 8.99. The Bertz CT molecular complexity index is 1090. The van der Waals surface area contributed by atoms with Gasteiger partial charge in [0.05, 0.1) is 22.3 Å². The normalized spacial score (nSPS) is 16.5. The fourth-order valence-electron chi connectivity index (χ4n) is 3.65. The number of aromatic nitrogens is 2. The lowest BCUT2D eigenvalue weighted by atomic mass is 10.1. The van der Waals surface area contributed by atoms with Gasteiger partial charge in [0.15, 0.2) is 0 Å². The molecule has 0 aliphatic carbocycles. The molecule has 5 heteroatoms. The molecular formula is C21H23N5. The summed E-state index contributed by atoms with van der Waals surface area (Å²) >= 11 is 0. The lowest BCUT2D eigenvalue weighted by Crippen LogP contribution is -2.40. The Kier molecular flexibility index (Phi) is 3.99. The SMILES string of the molecule is C=c1nccc2cc/c(=C3/NN(C(C)CCC)c4ccnc(N)c43)cc12. The quantitative estimate of drug-likeness (QED) is 0.762. The van der Waals surface area contributed by atoms with Crippen molar-refractivity contribution in [2.45, 2.75) is 32.7 Å². The number of nitrogens with two attached hydrogens (primary N) is 1. The number of anilines is 2. The van der Waals surface area contributed by atoms with Gasteiger partial charge in [0.2, 0.25) is 0 Å². The van der Waals surface area contributed by atoms with Crippen LogP contribution in [0.4, 0.5) is 11.5 Å². The molecule has 4 rings (SSSR count). The highest BCUT2D eigenvalue weighted by Crippen LogP contribution is 2.35. The number of fused-ring (bicyclic) bond motifs is 2. The number of rotatable bonds is 3. The minimum Gasteiger partial charge on any atom is -0.383 e. The number of hydrogen-bond donors (Lipinski definition) is 2. The van der Waals surface area contributed by atoms with Crippen molar-refractivity contribution < 1.29 is 0 Å². The summed E-state index contributed by atoms with van der Waals surface area (Å²) in [5, 5.41) is 6.21. The third-order valence-corrected chi connectivity index (χ3v) is 4.98. The number of nitrogens with zero attached hydrogens (tertiary/aromatic N) is 3. The lowest BCUT2D eigenvalue weighted by molar-refractivity contribution is 0.566. The Hall–Kier alpha value is -3.08. The van der Waals surface area contributed by atoms with E-state index in [4.69, 9.17) is 5.73 Å². The van der Waals surface area contributed by atoms with Crippen LogP contribution in [0.3, 0.4) is 0 Å². The summed E-state index contributed by atoms with van der Waals surface area (Å²) in [5.41, 5.74) is 12.9. The molecule has 0 radical (unpaired) electrons. The highest BCUT2D eigenvalue weighted by molar-refractivity contribution is 5.89. The average Bonchev–Trinajstić information content (AvgIpc) is 3.03. The summed E-state index contributed by atoms with van der Waals surface area (Å²) in [6.07, 6.45) is 5.77. The Morgan fingerprint density at radius 3 is 2.81 bits per heavy atom. The van der Waals surface area contributed by atoms with Crippen molar-refractivity contribution in [2.75, 3.05) is 10.7 Å². The minimum absolute atomic E-state index is 0.351. The highest BCUT2D eigenvalue weighted by atomic mass is 15.5. The number of hydrazine groups is 1. The first kappa shape index (κ1) is 16.4. The van der Waals surface area contributed by atoms with Crippen LogP contribution in [0.2, 0.25) is 0 Å². The van der Waals surface area contributed by atoms with Gasteiger partial charge in [-0.3, -0.25) is 15.4 Å². The maximum absolute atomic E-state index is 6.26. The van der Waals surface area contributed by atoms with Crippen molar-refractivity contribution in [3.63, 3.8) is 0 Å². The topological polar surface area (TPSA) is 67.1 Å². The summed E-state index contributed by atoms with van der Waals surface area (Å²) in [6.45, 7) is 8.48. The van der Waals surface area contributed by atoms with Crippen molar-refractivity contribution in [3.05, 3.63) is 58.9 Å². The van der Waals surface area contributed by atoms with E-state index in [2.05, 4.69) is 59.0 Å². The second-order valence-electron chi connectivity index (χ2n) is 6.78. The summed E-state index contributed by atoms with van der Waals surface area (Å²) in [6, 6.07) is 10.7. The standard InChI is InChI=1S/C21H23N5/c1-4-5-13(2)26-18-9-11-24-21(22)19(18)20(25-26)16-7-6-15-8-10-23-14(3)17(15)12-16/h6-13,25H,3-5H2,1-2H3,(H2,22,24)/b20-16-.